The largest absolute Gasteiger partial charge is 0.356 e. The van der Waals surface area contributed by atoms with Crippen LogP contribution in [0.3, 0.4) is 0 Å². The highest BCUT2D eigenvalue weighted by Gasteiger charge is 2.27. The molecule has 6 heteroatoms. The average molecular weight is 339 g/mol. The Hall–Kier alpha value is -1.75. The first-order valence-electron chi connectivity index (χ1n) is 7.81. The zero-order valence-corrected chi connectivity index (χ0v) is 15.3. The fourth-order valence-corrected chi connectivity index (χ4v) is 2.24. The van der Waals surface area contributed by atoms with Gasteiger partial charge in [0.25, 0.3) is 0 Å². The van der Waals surface area contributed by atoms with Gasteiger partial charge >= 0.3 is 0 Å². The molecular weight excluding hydrogens is 312 g/mol. The Kier molecular flexibility index (Phi) is 7.36. The fourth-order valence-electron chi connectivity index (χ4n) is 2.04. The van der Waals surface area contributed by atoms with E-state index in [1.165, 1.54) is 0 Å². The second kappa shape index (κ2) is 8.77. The molecule has 3 N–H and O–H groups in total. The van der Waals surface area contributed by atoms with Crippen LogP contribution in [0.4, 0.5) is 0 Å². The third-order valence-corrected chi connectivity index (χ3v) is 3.81. The number of nitrogens with zero attached hydrogens (tertiary/aromatic N) is 1. The van der Waals surface area contributed by atoms with Crippen LogP contribution in [-0.4, -0.2) is 32.0 Å². The molecule has 1 aromatic rings. The number of benzene rings is 1. The summed E-state index contributed by atoms with van der Waals surface area (Å²) in [6.45, 7) is 8.86. The molecule has 0 aliphatic carbocycles. The molecule has 0 aliphatic heterocycles. The molecule has 0 saturated heterocycles. The van der Waals surface area contributed by atoms with Crippen molar-refractivity contribution >= 4 is 23.5 Å². The highest BCUT2D eigenvalue weighted by molar-refractivity contribution is 6.30. The van der Waals surface area contributed by atoms with E-state index < -0.39 is 5.41 Å². The van der Waals surface area contributed by atoms with Gasteiger partial charge in [-0.2, -0.15) is 0 Å². The lowest BCUT2D eigenvalue weighted by molar-refractivity contribution is -0.128. The summed E-state index contributed by atoms with van der Waals surface area (Å²) in [6, 6.07) is 7.75. The molecule has 1 unspecified atom stereocenters. The fraction of sp³-hybridized carbons (Fsp3) is 0.529. The molecule has 0 saturated carbocycles. The molecule has 23 heavy (non-hydrogen) atoms. The van der Waals surface area contributed by atoms with Gasteiger partial charge in [0.1, 0.15) is 0 Å². The maximum atomic E-state index is 12.0. The molecule has 0 radical (unpaired) electrons. The molecule has 0 fully saturated rings. The SMILES string of the molecule is CCNC(=O)C(C)(C)CNC(=NC)NC(C)c1cccc(Cl)c1. The van der Waals surface area contributed by atoms with E-state index in [1.54, 1.807) is 7.05 Å². The predicted molar refractivity (Wildman–Crippen MR) is 96.8 cm³/mol. The van der Waals surface area contributed by atoms with Gasteiger partial charge in [0.15, 0.2) is 5.96 Å². The molecule has 0 spiro atoms. The standard InChI is InChI=1S/C17H27ClN4O/c1-6-20-15(23)17(3,4)11-21-16(19-5)22-12(2)13-8-7-9-14(18)10-13/h7-10,12H,6,11H2,1-5H3,(H,20,23)(H2,19,21,22). The van der Waals surface area contributed by atoms with Crippen molar-refractivity contribution in [2.24, 2.45) is 10.4 Å². The van der Waals surface area contributed by atoms with E-state index in [0.29, 0.717) is 24.1 Å². The van der Waals surface area contributed by atoms with Crippen molar-refractivity contribution in [2.45, 2.75) is 33.7 Å². The number of carbonyl (C=O) groups excluding carboxylic acids is 1. The number of hydrogen-bond acceptors (Lipinski definition) is 2. The van der Waals surface area contributed by atoms with Gasteiger partial charge in [-0.05, 0) is 45.4 Å². The van der Waals surface area contributed by atoms with Crippen molar-refractivity contribution in [1.29, 1.82) is 0 Å². The predicted octanol–water partition coefficient (Wildman–Crippen LogP) is 2.73. The second-order valence-electron chi connectivity index (χ2n) is 6.09. The van der Waals surface area contributed by atoms with E-state index in [4.69, 9.17) is 11.6 Å². The summed E-state index contributed by atoms with van der Waals surface area (Å²) in [5, 5.41) is 10.1. The third-order valence-electron chi connectivity index (χ3n) is 3.58. The topological polar surface area (TPSA) is 65.5 Å². The van der Waals surface area contributed by atoms with Gasteiger partial charge in [0.2, 0.25) is 5.91 Å². The Labute approximate surface area is 143 Å². The van der Waals surface area contributed by atoms with E-state index in [2.05, 4.69) is 20.9 Å². The third kappa shape index (κ3) is 6.10. The lowest BCUT2D eigenvalue weighted by Crippen LogP contribution is -2.48. The lowest BCUT2D eigenvalue weighted by Gasteiger charge is -2.26. The van der Waals surface area contributed by atoms with Crippen LogP contribution in [0.15, 0.2) is 29.3 Å². The number of nitrogens with one attached hydrogen (secondary N) is 3. The molecule has 0 aliphatic rings. The molecular formula is C17H27ClN4O. The second-order valence-corrected chi connectivity index (χ2v) is 6.53. The van der Waals surface area contributed by atoms with Crippen LogP contribution < -0.4 is 16.0 Å². The summed E-state index contributed by atoms with van der Waals surface area (Å²) in [4.78, 5) is 16.2. The Morgan fingerprint density at radius 1 is 1.35 bits per heavy atom. The zero-order chi connectivity index (χ0) is 17.5. The minimum Gasteiger partial charge on any atom is -0.356 e. The Balaban J connectivity index is 2.63. The molecule has 128 valence electrons. The number of hydrogen-bond donors (Lipinski definition) is 3. The minimum absolute atomic E-state index is 0.0193. The van der Waals surface area contributed by atoms with E-state index in [-0.39, 0.29) is 11.9 Å². The summed E-state index contributed by atoms with van der Waals surface area (Å²) in [6.07, 6.45) is 0. The number of guanidine groups is 1. The van der Waals surface area contributed by atoms with Crippen LogP contribution in [0.25, 0.3) is 0 Å². The molecule has 1 rings (SSSR count). The number of halogens is 1. The maximum Gasteiger partial charge on any atom is 0.227 e. The number of carbonyl (C=O) groups is 1. The molecule has 0 bridgehead atoms. The van der Waals surface area contributed by atoms with Gasteiger partial charge < -0.3 is 16.0 Å². The van der Waals surface area contributed by atoms with Crippen LogP contribution in [0.2, 0.25) is 5.02 Å². The van der Waals surface area contributed by atoms with Crippen molar-refractivity contribution in [3.8, 4) is 0 Å². The van der Waals surface area contributed by atoms with E-state index >= 15 is 0 Å². The van der Waals surface area contributed by atoms with Crippen LogP contribution in [0, 0.1) is 5.41 Å². The van der Waals surface area contributed by atoms with Crippen molar-refractivity contribution in [2.75, 3.05) is 20.1 Å². The van der Waals surface area contributed by atoms with Crippen molar-refractivity contribution in [1.82, 2.24) is 16.0 Å². The summed E-state index contributed by atoms with van der Waals surface area (Å²) in [5.41, 5.74) is 0.552. The molecule has 1 amide bonds. The highest BCUT2D eigenvalue weighted by atomic mass is 35.5. The van der Waals surface area contributed by atoms with Gasteiger partial charge in [-0.3, -0.25) is 9.79 Å². The van der Waals surface area contributed by atoms with Crippen LogP contribution >= 0.6 is 11.6 Å². The van der Waals surface area contributed by atoms with Crippen molar-refractivity contribution < 1.29 is 4.79 Å². The monoisotopic (exact) mass is 338 g/mol. The van der Waals surface area contributed by atoms with Crippen LogP contribution in [0.5, 0.6) is 0 Å². The normalized spacial score (nSPS) is 13.4. The van der Waals surface area contributed by atoms with E-state index in [9.17, 15) is 4.79 Å². The first-order chi connectivity index (χ1) is 10.8. The first-order valence-corrected chi connectivity index (χ1v) is 8.19. The average Bonchev–Trinajstić information content (AvgIpc) is 2.51. The smallest absolute Gasteiger partial charge is 0.227 e. The lowest BCUT2D eigenvalue weighted by atomic mass is 9.92. The van der Waals surface area contributed by atoms with Crippen molar-refractivity contribution in [3.63, 3.8) is 0 Å². The summed E-state index contributed by atoms with van der Waals surface area (Å²) < 4.78 is 0. The molecule has 1 atom stereocenters. The van der Waals surface area contributed by atoms with Gasteiger partial charge in [-0.15, -0.1) is 0 Å². The van der Waals surface area contributed by atoms with Gasteiger partial charge in [0, 0.05) is 25.2 Å². The van der Waals surface area contributed by atoms with Gasteiger partial charge in [-0.1, -0.05) is 23.7 Å². The molecule has 0 aromatic heterocycles. The number of rotatable bonds is 6. The number of amides is 1. The Morgan fingerprint density at radius 3 is 2.61 bits per heavy atom. The molecule has 5 nitrogen and oxygen atoms in total. The summed E-state index contributed by atoms with van der Waals surface area (Å²) in [5.74, 6) is 0.667. The molecule has 0 heterocycles. The van der Waals surface area contributed by atoms with Crippen molar-refractivity contribution in [3.05, 3.63) is 34.9 Å². The minimum atomic E-state index is -0.521. The van der Waals surface area contributed by atoms with Gasteiger partial charge in [0.05, 0.1) is 11.5 Å². The van der Waals surface area contributed by atoms with Gasteiger partial charge in [-0.25, -0.2) is 0 Å². The summed E-state index contributed by atoms with van der Waals surface area (Å²) >= 11 is 6.03. The van der Waals surface area contributed by atoms with Crippen LogP contribution in [-0.2, 0) is 4.79 Å². The Morgan fingerprint density at radius 2 is 2.04 bits per heavy atom. The zero-order valence-electron chi connectivity index (χ0n) is 14.5. The van der Waals surface area contributed by atoms with E-state index in [1.807, 2.05) is 52.0 Å². The quantitative estimate of drug-likeness (QED) is 0.552. The first kappa shape index (κ1) is 19.3. The van der Waals surface area contributed by atoms with E-state index in [0.717, 1.165) is 5.56 Å². The number of aliphatic imine (C=N–C) groups is 1. The Bertz CT molecular complexity index is 557. The maximum absolute atomic E-state index is 12.0. The summed E-state index contributed by atoms with van der Waals surface area (Å²) in [7, 11) is 1.71. The highest BCUT2D eigenvalue weighted by Crippen LogP contribution is 2.17. The molecule has 1 aromatic carbocycles. The van der Waals surface area contributed by atoms with Crippen LogP contribution in [0.1, 0.15) is 39.3 Å².